The molecule has 0 radical (unpaired) electrons. The van der Waals surface area contributed by atoms with Gasteiger partial charge in [-0.2, -0.15) is 16.9 Å². The van der Waals surface area contributed by atoms with Gasteiger partial charge in [0.05, 0.1) is 23.8 Å². The van der Waals surface area contributed by atoms with Gasteiger partial charge in [-0.1, -0.05) is 0 Å². The molecule has 0 spiro atoms. The molecule has 1 saturated heterocycles. The topological polar surface area (TPSA) is 78.8 Å². The molecule has 0 unspecified atom stereocenters. The van der Waals surface area contributed by atoms with Crippen LogP contribution in [0.3, 0.4) is 0 Å². The number of amides is 2. The maximum Gasteiger partial charge on any atom is 0.317 e. The number of thioether (sulfide) groups is 1. The highest BCUT2D eigenvalue weighted by Gasteiger charge is 2.32. The number of nitrogens with one attached hydrogen (secondary N) is 2. The van der Waals surface area contributed by atoms with Crippen LogP contribution in [-0.2, 0) is 5.75 Å². The number of carbonyl (C=O) groups is 1. The standard InChI is InChI=1S/C16H24N6OS/c1-11-6-12(2)22(20-11)14-7-21(8-14)16(23)17-4-5-24-9-15-13(3)18-10-19-15/h6,10,14H,4-5,7-9H2,1-3H3,(H,17,23)(H,18,19). The average Bonchev–Trinajstić information content (AvgIpc) is 3.03. The van der Waals surface area contributed by atoms with Gasteiger partial charge in [-0.3, -0.25) is 4.68 Å². The van der Waals surface area contributed by atoms with E-state index in [2.05, 4.69) is 33.4 Å². The van der Waals surface area contributed by atoms with Crippen LogP contribution < -0.4 is 5.32 Å². The highest BCUT2D eigenvalue weighted by atomic mass is 32.2. The minimum Gasteiger partial charge on any atom is -0.348 e. The summed E-state index contributed by atoms with van der Waals surface area (Å²) in [5.74, 6) is 1.75. The van der Waals surface area contributed by atoms with Gasteiger partial charge in [0, 0.05) is 42.5 Å². The Bertz CT molecular complexity index is 703. The van der Waals surface area contributed by atoms with Crippen molar-refractivity contribution in [2.24, 2.45) is 0 Å². The molecule has 2 amide bonds. The van der Waals surface area contributed by atoms with Crippen LogP contribution in [0.25, 0.3) is 0 Å². The zero-order valence-electron chi connectivity index (χ0n) is 14.4. The number of carbonyl (C=O) groups excluding carboxylic acids is 1. The van der Waals surface area contributed by atoms with E-state index in [1.165, 1.54) is 0 Å². The molecule has 1 aliphatic rings. The number of hydrogen-bond acceptors (Lipinski definition) is 4. The van der Waals surface area contributed by atoms with E-state index in [4.69, 9.17) is 0 Å². The third kappa shape index (κ3) is 3.75. The van der Waals surface area contributed by atoms with E-state index in [1.54, 1.807) is 18.1 Å². The van der Waals surface area contributed by atoms with E-state index < -0.39 is 0 Å². The zero-order chi connectivity index (χ0) is 17.1. The number of imidazole rings is 1. The molecule has 7 nitrogen and oxygen atoms in total. The number of hydrogen-bond donors (Lipinski definition) is 2. The van der Waals surface area contributed by atoms with Crippen molar-refractivity contribution in [2.45, 2.75) is 32.6 Å². The lowest BCUT2D eigenvalue weighted by Crippen LogP contribution is -2.54. The fraction of sp³-hybridized carbons (Fsp3) is 0.562. The van der Waals surface area contributed by atoms with Crippen LogP contribution in [0.15, 0.2) is 12.4 Å². The van der Waals surface area contributed by atoms with E-state index >= 15 is 0 Å². The summed E-state index contributed by atoms with van der Waals surface area (Å²) in [6.07, 6.45) is 1.72. The van der Waals surface area contributed by atoms with Crippen LogP contribution >= 0.6 is 11.8 Å². The maximum atomic E-state index is 12.1. The van der Waals surface area contributed by atoms with Gasteiger partial charge < -0.3 is 15.2 Å². The first-order valence-electron chi connectivity index (χ1n) is 8.16. The molecular formula is C16H24N6OS. The monoisotopic (exact) mass is 348 g/mol. The lowest BCUT2D eigenvalue weighted by atomic mass is 10.1. The normalized spacial score (nSPS) is 14.7. The molecule has 0 aromatic carbocycles. The molecular weight excluding hydrogens is 324 g/mol. The van der Waals surface area contributed by atoms with Crippen molar-refractivity contribution in [1.29, 1.82) is 0 Å². The molecule has 3 rings (SSSR count). The Morgan fingerprint density at radius 2 is 2.21 bits per heavy atom. The van der Waals surface area contributed by atoms with Crippen LogP contribution in [0.4, 0.5) is 4.79 Å². The lowest BCUT2D eigenvalue weighted by molar-refractivity contribution is 0.117. The van der Waals surface area contributed by atoms with Crippen molar-refractivity contribution >= 4 is 17.8 Å². The summed E-state index contributed by atoms with van der Waals surface area (Å²) >= 11 is 1.78. The second-order valence-corrected chi connectivity index (χ2v) is 7.29. The molecule has 0 saturated carbocycles. The van der Waals surface area contributed by atoms with Gasteiger partial charge in [0.15, 0.2) is 0 Å². The fourth-order valence-electron chi connectivity index (χ4n) is 2.84. The third-order valence-corrected chi connectivity index (χ3v) is 5.21. The second kappa shape index (κ2) is 7.29. The number of aromatic amines is 1. The number of H-pyrrole nitrogens is 1. The molecule has 1 aliphatic heterocycles. The van der Waals surface area contributed by atoms with Crippen LogP contribution in [0.2, 0.25) is 0 Å². The molecule has 2 N–H and O–H groups in total. The van der Waals surface area contributed by atoms with Gasteiger partial charge >= 0.3 is 6.03 Å². The first-order chi connectivity index (χ1) is 11.5. The molecule has 0 atom stereocenters. The Balaban J connectivity index is 1.32. The lowest BCUT2D eigenvalue weighted by Gasteiger charge is -2.39. The van der Waals surface area contributed by atoms with Crippen LogP contribution in [0.5, 0.6) is 0 Å². The summed E-state index contributed by atoms with van der Waals surface area (Å²) in [5, 5.41) is 7.47. The average molecular weight is 348 g/mol. The minimum absolute atomic E-state index is 0.0179. The summed E-state index contributed by atoms with van der Waals surface area (Å²) in [6, 6.07) is 2.40. The van der Waals surface area contributed by atoms with Crippen molar-refractivity contribution in [2.75, 3.05) is 25.4 Å². The smallest absolute Gasteiger partial charge is 0.317 e. The van der Waals surface area contributed by atoms with E-state index in [-0.39, 0.29) is 6.03 Å². The van der Waals surface area contributed by atoms with Gasteiger partial charge in [-0.25, -0.2) is 9.78 Å². The van der Waals surface area contributed by atoms with E-state index in [9.17, 15) is 4.79 Å². The summed E-state index contributed by atoms with van der Waals surface area (Å²) < 4.78 is 2.03. The second-order valence-electron chi connectivity index (χ2n) is 6.19. The summed E-state index contributed by atoms with van der Waals surface area (Å²) in [6.45, 7) is 8.21. The molecule has 130 valence electrons. The van der Waals surface area contributed by atoms with Crippen LogP contribution in [-0.4, -0.2) is 56.1 Å². The Kier molecular flexibility index (Phi) is 5.13. The number of aromatic nitrogens is 4. The number of likely N-dealkylation sites (tertiary alicyclic amines) is 1. The van der Waals surface area contributed by atoms with E-state index in [0.717, 1.165) is 47.4 Å². The Labute approximate surface area is 146 Å². The highest BCUT2D eigenvalue weighted by Crippen LogP contribution is 2.22. The number of aryl methyl sites for hydroxylation is 3. The third-order valence-electron chi connectivity index (χ3n) is 4.24. The quantitative estimate of drug-likeness (QED) is 0.783. The molecule has 8 heteroatoms. The first kappa shape index (κ1) is 16.9. The van der Waals surface area contributed by atoms with Gasteiger partial charge in [0.25, 0.3) is 0 Å². The van der Waals surface area contributed by atoms with Crippen molar-refractivity contribution in [3.63, 3.8) is 0 Å². The Morgan fingerprint density at radius 1 is 1.42 bits per heavy atom. The van der Waals surface area contributed by atoms with E-state index in [0.29, 0.717) is 12.6 Å². The zero-order valence-corrected chi connectivity index (χ0v) is 15.2. The van der Waals surface area contributed by atoms with Crippen LogP contribution in [0, 0.1) is 20.8 Å². The predicted octanol–water partition coefficient (Wildman–Crippen LogP) is 2.03. The van der Waals surface area contributed by atoms with Gasteiger partial charge in [-0.15, -0.1) is 0 Å². The van der Waals surface area contributed by atoms with E-state index in [1.807, 2.05) is 23.4 Å². The minimum atomic E-state index is 0.0179. The van der Waals surface area contributed by atoms with Gasteiger partial charge in [0.2, 0.25) is 0 Å². The molecule has 0 aliphatic carbocycles. The predicted molar refractivity (Wildman–Crippen MR) is 95.2 cm³/mol. The Hall–Kier alpha value is -1.96. The summed E-state index contributed by atoms with van der Waals surface area (Å²) in [5.41, 5.74) is 4.38. The molecule has 3 heterocycles. The highest BCUT2D eigenvalue weighted by molar-refractivity contribution is 7.98. The fourth-order valence-corrected chi connectivity index (χ4v) is 3.71. The maximum absolute atomic E-state index is 12.1. The van der Waals surface area contributed by atoms with Crippen LogP contribution in [0.1, 0.15) is 28.8 Å². The van der Waals surface area contributed by atoms with Crippen molar-refractivity contribution in [3.05, 3.63) is 35.2 Å². The Morgan fingerprint density at radius 3 is 2.83 bits per heavy atom. The number of rotatable bonds is 6. The number of nitrogens with zero attached hydrogens (tertiary/aromatic N) is 4. The van der Waals surface area contributed by atoms with Crippen molar-refractivity contribution in [3.8, 4) is 0 Å². The molecule has 24 heavy (non-hydrogen) atoms. The van der Waals surface area contributed by atoms with Gasteiger partial charge in [0.1, 0.15) is 0 Å². The van der Waals surface area contributed by atoms with Gasteiger partial charge in [-0.05, 0) is 26.8 Å². The van der Waals surface area contributed by atoms with Crippen molar-refractivity contribution < 1.29 is 4.79 Å². The largest absolute Gasteiger partial charge is 0.348 e. The number of urea groups is 1. The SMILES string of the molecule is Cc1cc(C)n(C2CN(C(=O)NCCSCc3nc[nH]c3C)C2)n1. The molecule has 1 fully saturated rings. The summed E-state index contributed by atoms with van der Waals surface area (Å²) in [4.78, 5) is 21.3. The molecule has 2 aromatic rings. The molecule has 2 aromatic heterocycles. The first-order valence-corrected chi connectivity index (χ1v) is 9.32. The van der Waals surface area contributed by atoms with Crippen molar-refractivity contribution in [1.82, 2.24) is 30.0 Å². The molecule has 0 bridgehead atoms. The summed E-state index contributed by atoms with van der Waals surface area (Å²) in [7, 11) is 0.